The van der Waals surface area contributed by atoms with Crippen LogP contribution < -0.4 is 16.8 Å². The molecule has 1 aromatic heterocycles. The SMILES string of the molecule is CC(C)[C@H](Sc1nc(N)nc(N)n1)C(=O)NCc1ccccc1. The maximum absolute atomic E-state index is 12.5. The van der Waals surface area contributed by atoms with E-state index >= 15 is 0 Å². The van der Waals surface area contributed by atoms with Crippen molar-refractivity contribution in [1.82, 2.24) is 20.3 Å². The van der Waals surface area contributed by atoms with Crippen LogP contribution in [0, 0.1) is 5.92 Å². The summed E-state index contributed by atoms with van der Waals surface area (Å²) in [6.07, 6.45) is 0. The summed E-state index contributed by atoms with van der Waals surface area (Å²) in [5.41, 5.74) is 12.2. The Morgan fingerprint density at radius 3 is 2.30 bits per heavy atom. The highest BCUT2D eigenvalue weighted by Crippen LogP contribution is 2.26. The van der Waals surface area contributed by atoms with E-state index in [9.17, 15) is 4.79 Å². The van der Waals surface area contributed by atoms with Crippen molar-refractivity contribution in [3.8, 4) is 0 Å². The maximum atomic E-state index is 12.5. The molecule has 1 aromatic carbocycles. The molecule has 23 heavy (non-hydrogen) atoms. The van der Waals surface area contributed by atoms with Crippen molar-refractivity contribution in [1.29, 1.82) is 0 Å². The van der Waals surface area contributed by atoms with Crippen LogP contribution in [-0.4, -0.2) is 26.1 Å². The van der Waals surface area contributed by atoms with Crippen LogP contribution in [0.5, 0.6) is 0 Å². The van der Waals surface area contributed by atoms with Gasteiger partial charge >= 0.3 is 0 Å². The van der Waals surface area contributed by atoms with Gasteiger partial charge < -0.3 is 16.8 Å². The van der Waals surface area contributed by atoms with Gasteiger partial charge in [0.15, 0.2) is 5.16 Å². The number of carbonyl (C=O) groups excluding carboxylic acids is 1. The predicted molar refractivity (Wildman–Crippen MR) is 91.4 cm³/mol. The van der Waals surface area contributed by atoms with Crippen molar-refractivity contribution in [2.45, 2.75) is 30.8 Å². The van der Waals surface area contributed by atoms with Gasteiger partial charge in [0.2, 0.25) is 17.8 Å². The summed E-state index contributed by atoms with van der Waals surface area (Å²) in [7, 11) is 0. The molecule has 5 N–H and O–H groups in total. The minimum Gasteiger partial charge on any atom is -0.368 e. The molecule has 0 spiro atoms. The fraction of sp³-hybridized carbons (Fsp3) is 0.333. The molecule has 0 aliphatic carbocycles. The molecular formula is C15H20N6OS. The quantitative estimate of drug-likeness (QED) is 0.685. The summed E-state index contributed by atoms with van der Waals surface area (Å²) in [6, 6.07) is 9.74. The number of aromatic nitrogens is 3. The predicted octanol–water partition coefficient (Wildman–Crippen LogP) is 1.47. The zero-order valence-electron chi connectivity index (χ0n) is 13.1. The lowest BCUT2D eigenvalue weighted by Crippen LogP contribution is -2.35. The summed E-state index contributed by atoms with van der Waals surface area (Å²) < 4.78 is 0. The monoisotopic (exact) mass is 332 g/mol. The minimum atomic E-state index is -0.347. The van der Waals surface area contributed by atoms with E-state index in [2.05, 4.69) is 20.3 Å². The van der Waals surface area contributed by atoms with Crippen molar-refractivity contribution >= 4 is 29.6 Å². The molecule has 0 saturated carbocycles. The van der Waals surface area contributed by atoms with Gasteiger partial charge in [-0.2, -0.15) is 15.0 Å². The zero-order valence-corrected chi connectivity index (χ0v) is 13.9. The van der Waals surface area contributed by atoms with Gasteiger partial charge in [-0.15, -0.1) is 0 Å². The van der Waals surface area contributed by atoms with E-state index in [4.69, 9.17) is 11.5 Å². The van der Waals surface area contributed by atoms with Crippen LogP contribution in [-0.2, 0) is 11.3 Å². The average molecular weight is 332 g/mol. The lowest BCUT2D eigenvalue weighted by Gasteiger charge is -2.19. The molecule has 2 rings (SSSR count). The summed E-state index contributed by atoms with van der Waals surface area (Å²) >= 11 is 1.23. The first kappa shape index (κ1) is 17.0. The Morgan fingerprint density at radius 1 is 1.13 bits per heavy atom. The van der Waals surface area contributed by atoms with Crippen molar-refractivity contribution in [3.63, 3.8) is 0 Å². The number of amides is 1. The third kappa shape index (κ3) is 5.10. The van der Waals surface area contributed by atoms with Crippen LogP contribution in [0.1, 0.15) is 19.4 Å². The number of nitrogens with two attached hydrogens (primary N) is 2. The molecule has 0 aliphatic rings. The second-order valence-corrected chi connectivity index (χ2v) is 6.43. The number of rotatable bonds is 6. The van der Waals surface area contributed by atoms with Gasteiger partial charge in [-0.05, 0) is 11.5 Å². The van der Waals surface area contributed by atoms with Gasteiger partial charge in [0.1, 0.15) is 0 Å². The van der Waals surface area contributed by atoms with Crippen LogP contribution in [0.2, 0.25) is 0 Å². The van der Waals surface area contributed by atoms with Gasteiger partial charge in [-0.1, -0.05) is 55.9 Å². The van der Waals surface area contributed by atoms with E-state index in [0.717, 1.165) is 5.56 Å². The number of carbonyl (C=O) groups is 1. The van der Waals surface area contributed by atoms with Gasteiger partial charge in [0.25, 0.3) is 0 Å². The molecule has 0 radical (unpaired) electrons. The van der Waals surface area contributed by atoms with Crippen molar-refractivity contribution in [2.75, 3.05) is 11.5 Å². The second-order valence-electron chi connectivity index (χ2n) is 5.32. The Balaban J connectivity index is 2.03. The molecule has 1 heterocycles. The lowest BCUT2D eigenvalue weighted by atomic mass is 10.1. The third-order valence-corrected chi connectivity index (χ3v) is 4.46. The number of hydrogen-bond acceptors (Lipinski definition) is 7. The molecule has 2 aromatic rings. The molecule has 0 unspecified atom stereocenters. The first-order valence-electron chi connectivity index (χ1n) is 7.21. The molecule has 1 amide bonds. The number of hydrogen-bond donors (Lipinski definition) is 3. The number of benzene rings is 1. The average Bonchev–Trinajstić information content (AvgIpc) is 2.50. The highest BCUT2D eigenvalue weighted by Gasteiger charge is 2.25. The van der Waals surface area contributed by atoms with E-state index in [-0.39, 0.29) is 29.0 Å². The molecule has 0 bridgehead atoms. The Bertz CT molecular complexity index is 644. The van der Waals surface area contributed by atoms with Crippen LogP contribution >= 0.6 is 11.8 Å². The highest BCUT2D eigenvalue weighted by atomic mass is 32.2. The molecule has 0 fully saturated rings. The number of thioether (sulfide) groups is 1. The van der Waals surface area contributed by atoms with E-state index in [1.54, 1.807) is 0 Å². The van der Waals surface area contributed by atoms with E-state index in [0.29, 0.717) is 11.7 Å². The van der Waals surface area contributed by atoms with E-state index < -0.39 is 0 Å². The van der Waals surface area contributed by atoms with Crippen LogP contribution in [0.3, 0.4) is 0 Å². The lowest BCUT2D eigenvalue weighted by molar-refractivity contribution is -0.121. The Hall–Kier alpha value is -2.35. The third-order valence-electron chi connectivity index (χ3n) is 3.06. The Kier molecular flexibility index (Phi) is 5.75. The fourth-order valence-corrected chi connectivity index (χ4v) is 2.91. The fourth-order valence-electron chi connectivity index (χ4n) is 1.93. The van der Waals surface area contributed by atoms with Gasteiger partial charge in [0, 0.05) is 6.54 Å². The highest BCUT2D eigenvalue weighted by molar-refractivity contribution is 8.00. The molecule has 0 saturated heterocycles. The second kappa shape index (κ2) is 7.77. The minimum absolute atomic E-state index is 0.0483. The first-order valence-corrected chi connectivity index (χ1v) is 8.09. The van der Waals surface area contributed by atoms with Crippen molar-refractivity contribution < 1.29 is 4.79 Å². The Labute approximate surface area is 139 Å². The number of nitrogens with one attached hydrogen (secondary N) is 1. The molecule has 7 nitrogen and oxygen atoms in total. The van der Waals surface area contributed by atoms with Crippen LogP contribution in [0.4, 0.5) is 11.9 Å². The largest absolute Gasteiger partial charge is 0.368 e. The number of anilines is 2. The number of nitrogen functional groups attached to an aromatic ring is 2. The van der Waals surface area contributed by atoms with Crippen molar-refractivity contribution in [2.24, 2.45) is 5.92 Å². The Morgan fingerprint density at radius 2 is 1.74 bits per heavy atom. The summed E-state index contributed by atoms with van der Waals surface area (Å²) in [6.45, 7) is 4.41. The van der Waals surface area contributed by atoms with Gasteiger partial charge in [-0.25, -0.2) is 0 Å². The molecule has 1 atom stereocenters. The smallest absolute Gasteiger partial charge is 0.234 e. The summed E-state index contributed by atoms with van der Waals surface area (Å²) in [4.78, 5) is 24.2. The molecular weight excluding hydrogens is 312 g/mol. The maximum Gasteiger partial charge on any atom is 0.234 e. The topological polar surface area (TPSA) is 120 Å². The van der Waals surface area contributed by atoms with E-state index in [1.807, 2.05) is 44.2 Å². The summed E-state index contributed by atoms with van der Waals surface area (Å²) in [5, 5.41) is 2.94. The zero-order chi connectivity index (χ0) is 16.8. The normalized spacial score (nSPS) is 12.1. The standard InChI is InChI=1S/C15H20N6OS/c1-9(2)11(23-15-20-13(16)19-14(17)21-15)12(22)18-8-10-6-4-3-5-7-10/h3-7,9,11H,8H2,1-2H3,(H,18,22)(H4,16,17,19,20,21)/t11-/m0/s1. The molecule has 0 aliphatic heterocycles. The van der Waals surface area contributed by atoms with Gasteiger partial charge in [0.05, 0.1) is 5.25 Å². The van der Waals surface area contributed by atoms with Crippen molar-refractivity contribution in [3.05, 3.63) is 35.9 Å². The summed E-state index contributed by atoms with van der Waals surface area (Å²) in [5.74, 6) is 0.112. The van der Waals surface area contributed by atoms with E-state index in [1.165, 1.54) is 11.8 Å². The number of nitrogens with zero attached hydrogens (tertiary/aromatic N) is 3. The van der Waals surface area contributed by atoms with Crippen LogP contribution in [0.25, 0.3) is 0 Å². The van der Waals surface area contributed by atoms with Gasteiger partial charge in [-0.3, -0.25) is 4.79 Å². The molecule has 8 heteroatoms. The first-order chi connectivity index (χ1) is 11.0. The molecule has 122 valence electrons. The van der Waals surface area contributed by atoms with Crippen LogP contribution in [0.15, 0.2) is 35.5 Å².